The average Bonchev–Trinajstić information content (AvgIpc) is 2.66. The van der Waals surface area contributed by atoms with Gasteiger partial charge in [-0.1, -0.05) is 41.9 Å². The van der Waals surface area contributed by atoms with Crippen LogP contribution in [0.3, 0.4) is 0 Å². The van der Waals surface area contributed by atoms with Crippen LogP contribution in [-0.2, 0) is 6.54 Å². The molecule has 0 fully saturated rings. The Kier molecular flexibility index (Phi) is 5.43. The van der Waals surface area contributed by atoms with Gasteiger partial charge < -0.3 is 19.4 Å². The summed E-state index contributed by atoms with van der Waals surface area (Å²) in [5, 5.41) is 3.60. The topological polar surface area (TPSA) is 65.4 Å². The molecule has 0 saturated carbocycles. The van der Waals surface area contributed by atoms with Gasteiger partial charge in [0.25, 0.3) is 0 Å². The van der Waals surface area contributed by atoms with E-state index in [-0.39, 0.29) is 5.75 Å². The Morgan fingerprint density at radius 1 is 1.12 bits per heavy atom. The Balaban J connectivity index is 2.02. The van der Waals surface area contributed by atoms with E-state index in [0.717, 1.165) is 5.56 Å². The number of halogens is 1. The molecule has 3 rings (SSSR count). The van der Waals surface area contributed by atoms with Crippen molar-refractivity contribution in [2.45, 2.75) is 6.54 Å². The zero-order valence-corrected chi connectivity index (χ0v) is 15.2. The quantitative estimate of drug-likeness (QED) is 0.715. The molecule has 0 spiro atoms. The van der Waals surface area contributed by atoms with Crippen molar-refractivity contribution in [2.24, 2.45) is 0 Å². The van der Waals surface area contributed by atoms with Gasteiger partial charge in [-0.3, -0.25) is 4.79 Å². The Hall–Kier alpha value is -2.99. The van der Waals surface area contributed by atoms with Crippen molar-refractivity contribution >= 4 is 23.2 Å². The lowest BCUT2D eigenvalue weighted by atomic mass is 10.2. The minimum absolute atomic E-state index is 0.170. The van der Waals surface area contributed by atoms with E-state index >= 15 is 0 Å². The molecule has 0 unspecified atom stereocenters. The second-order valence-electron chi connectivity index (χ2n) is 5.52. The summed E-state index contributed by atoms with van der Waals surface area (Å²) in [6, 6.07) is 15.1. The number of aromatic nitrogens is 2. The second-order valence-corrected chi connectivity index (χ2v) is 5.93. The van der Waals surface area contributed by atoms with Crippen LogP contribution in [0, 0.1) is 0 Å². The molecular weight excluding hydrogens is 354 g/mol. The highest BCUT2D eigenvalue weighted by Crippen LogP contribution is 2.29. The van der Waals surface area contributed by atoms with Crippen molar-refractivity contribution in [3.8, 4) is 11.5 Å². The highest BCUT2D eigenvalue weighted by atomic mass is 35.5. The van der Waals surface area contributed by atoms with E-state index in [0.29, 0.717) is 29.0 Å². The molecule has 0 saturated heterocycles. The average molecular weight is 372 g/mol. The van der Waals surface area contributed by atoms with E-state index in [1.165, 1.54) is 7.11 Å². The van der Waals surface area contributed by atoms with Gasteiger partial charge in [-0.15, -0.1) is 0 Å². The van der Waals surface area contributed by atoms with Crippen LogP contribution in [0.4, 0.5) is 11.6 Å². The fourth-order valence-corrected chi connectivity index (χ4v) is 2.63. The van der Waals surface area contributed by atoms with Crippen molar-refractivity contribution in [1.82, 2.24) is 9.55 Å². The van der Waals surface area contributed by atoms with Gasteiger partial charge in [-0.25, -0.2) is 0 Å². The maximum atomic E-state index is 12.1. The van der Waals surface area contributed by atoms with Crippen molar-refractivity contribution < 1.29 is 9.47 Å². The third kappa shape index (κ3) is 3.97. The zero-order chi connectivity index (χ0) is 18.5. The van der Waals surface area contributed by atoms with Crippen LogP contribution in [-0.4, -0.2) is 23.8 Å². The number of hydrogen-bond acceptors (Lipinski definition) is 5. The Morgan fingerprint density at radius 2 is 1.88 bits per heavy atom. The largest absolute Gasteiger partial charge is 0.497 e. The molecule has 6 nitrogen and oxygen atoms in total. The summed E-state index contributed by atoms with van der Waals surface area (Å²) in [6.45, 7) is 0.508. The van der Waals surface area contributed by atoms with Gasteiger partial charge in [-0.2, -0.15) is 4.98 Å². The SMILES string of the molecule is COc1ccc(Cl)c(Nc2nc(=O)c(OC)cn2Cc2ccccc2)c1. The molecule has 0 aliphatic heterocycles. The first kappa shape index (κ1) is 17.8. The van der Waals surface area contributed by atoms with E-state index in [2.05, 4.69) is 10.3 Å². The van der Waals surface area contributed by atoms with Gasteiger partial charge in [0.05, 0.1) is 37.7 Å². The van der Waals surface area contributed by atoms with Gasteiger partial charge in [0, 0.05) is 6.07 Å². The molecule has 2 aromatic carbocycles. The minimum atomic E-state index is -0.460. The number of nitrogens with zero attached hydrogens (tertiary/aromatic N) is 2. The molecular formula is C19H18ClN3O3. The smallest absolute Gasteiger partial charge is 0.316 e. The highest BCUT2D eigenvalue weighted by molar-refractivity contribution is 6.33. The molecule has 1 N–H and O–H groups in total. The van der Waals surface area contributed by atoms with Crippen molar-refractivity contribution in [2.75, 3.05) is 19.5 Å². The number of ether oxygens (including phenoxy) is 2. The summed E-state index contributed by atoms with van der Waals surface area (Å²) in [5.74, 6) is 1.17. The van der Waals surface area contributed by atoms with Crippen LogP contribution >= 0.6 is 11.6 Å². The summed E-state index contributed by atoms with van der Waals surface area (Å²) in [7, 11) is 3.02. The minimum Gasteiger partial charge on any atom is -0.497 e. The van der Waals surface area contributed by atoms with Gasteiger partial charge >= 0.3 is 5.56 Å². The Labute approximate surface area is 156 Å². The lowest BCUT2D eigenvalue weighted by molar-refractivity contribution is 0.402. The van der Waals surface area contributed by atoms with Crippen LogP contribution in [0.15, 0.2) is 59.5 Å². The molecule has 7 heteroatoms. The number of nitrogens with one attached hydrogen (secondary N) is 1. The number of hydrogen-bond donors (Lipinski definition) is 1. The number of rotatable bonds is 6. The predicted molar refractivity (Wildman–Crippen MR) is 102 cm³/mol. The molecule has 0 aliphatic rings. The highest BCUT2D eigenvalue weighted by Gasteiger charge is 2.12. The van der Waals surface area contributed by atoms with E-state index in [4.69, 9.17) is 21.1 Å². The van der Waals surface area contributed by atoms with E-state index < -0.39 is 5.56 Å². The number of methoxy groups -OCH3 is 2. The summed E-state index contributed by atoms with van der Waals surface area (Å²) in [4.78, 5) is 16.2. The molecule has 26 heavy (non-hydrogen) atoms. The van der Waals surface area contributed by atoms with Crippen LogP contribution in [0.5, 0.6) is 11.5 Å². The number of anilines is 2. The summed E-state index contributed by atoms with van der Waals surface area (Å²) < 4.78 is 12.1. The molecule has 3 aromatic rings. The number of benzene rings is 2. The van der Waals surface area contributed by atoms with Crippen LogP contribution < -0.4 is 20.3 Å². The molecule has 0 radical (unpaired) electrons. The fourth-order valence-electron chi connectivity index (χ4n) is 2.46. The summed E-state index contributed by atoms with van der Waals surface area (Å²) in [6.07, 6.45) is 1.62. The molecule has 0 amide bonds. The van der Waals surface area contributed by atoms with E-state index in [1.54, 1.807) is 36.1 Å². The van der Waals surface area contributed by atoms with Gasteiger partial charge in [0.1, 0.15) is 5.75 Å². The fraction of sp³-hybridized carbons (Fsp3) is 0.158. The van der Waals surface area contributed by atoms with Crippen LogP contribution in [0.25, 0.3) is 0 Å². The third-order valence-corrected chi connectivity index (χ3v) is 4.13. The third-order valence-electron chi connectivity index (χ3n) is 3.80. The van der Waals surface area contributed by atoms with E-state index in [9.17, 15) is 4.79 Å². The van der Waals surface area contributed by atoms with Crippen molar-refractivity contribution in [3.05, 3.63) is 75.7 Å². The molecule has 0 bridgehead atoms. The monoisotopic (exact) mass is 371 g/mol. The Bertz CT molecular complexity index is 958. The van der Waals surface area contributed by atoms with Gasteiger partial charge in [0.15, 0.2) is 0 Å². The zero-order valence-electron chi connectivity index (χ0n) is 14.4. The van der Waals surface area contributed by atoms with Crippen LogP contribution in [0.1, 0.15) is 5.56 Å². The maximum absolute atomic E-state index is 12.1. The molecule has 1 aromatic heterocycles. The molecule has 0 aliphatic carbocycles. The van der Waals surface area contributed by atoms with Crippen LogP contribution in [0.2, 0.25) is 5.02 Å². The lowest BCUT2D eigenvalue weighted by Gasteiger charge is -2.16. The second kappa shape index (κ2) is 7.93. The van der Waals surface area contributed by atoms with Gasteiger partial charge in [-0.05, 0) is 17.7 Å². The van der Waals surface area contributed by atoms with E-state index in [1.807, 2.05) is 30.3 Å². The Morgan fingerprint density at radius 3 is 2.58 bits per heavy atom. The van der Waals surface area contributed by atoms with Crippen molar-refractivity contribution in [3.63, 3.8) is 0 Å². The predicted octanol–water partition coefficient (Wildman–Crippen LogP) is 3.71. The first-order valence-electron chi connectivity index (χ1n) is 7.90. The molecule has 134 valence electrons. The standard InChI is InChI=1S/C19H18ClN3O3/c1-25-14-8-9-15(20)16(10-14)21-19-22-18(24)17(26-2)12-23(19)11-13-6-4-3-5-7-13/h3-10,12H,11H2,1-2H3,(H,21,22,24). The molecule has 1 heterocycles. The van der Waals surface area contributed by atoms with Crippen molar-refractivity contribution in [1.29, 1.82) is 0 Å². The lowest BCUT2D eigenvalue weighted by Crippen LogP contribution is -2.18. The summed E-state index contributed by atoms with van der Waals surface area (Å²) >= 11 is 6.26. The summed E-state index contributed by atoms with van der Waals surface area (Å²) in [5.41, 5.74) is 1.18. The maximum Gasteiger partial charge on any atom is 0.316 e. The molecule has 0 atom stereocenters. The first-order valence-corrected chi connectivity index (χ1v) is 8.28. The first-order chi connectivity index (χ1) is 12.6. The van der Waals surface area contributed by atoms with Gasteiger partial charge in [0.2, 0.25) is 11.7 Å². The normalized spacial score (nSPS) is 10.4.